The second-order valence-corrected chi connectivity index (χ2v) is 11.6. The van der Waals surface area contributed by atoms with Crippen LogP contribution >= 0.6 is 0 Å². The number of hydrogen-bond donors (Lipinski definition) is 1. The highest BCUT2D eigenvalue weighted by Crippen LogP contribution is 2.46. The zero-order chi connectivity index (χ0) is 24.1. The summed E-state index contributed by atoms with van der Waals surface area (Å²) in [6.07, 6.45) is 14.7. The predicted molar refractivity (Wildman–Crippen MR) is 135 cm³/mol. The van der Waals surface area contributed by atoms with Gasteiger partial charge in [0.1, 0.15) is 6.54 Å². The Morgan fingerprint density at radius 1 is 0.800 bits per heavy atom. The van der Waals surface area contributed by atoms with Crippen LogP contribution in [-0.2, 0) is 11.3 Å². The molecule has 2 aromatic rings. The molecule has 7 nitrogen and oxygen atoms in total. The van der Waals surface area contributed by atoms with Crippen molar-refractivity contribution >= 4 is 16.9 Å². The molecule has 2 saturated heterocycles. The Bertz CT molecular complexity index is 1200. The van der Waals surface area contributed by atoms with Crippen molar-refractivity contribution < 1.29 is 9.90 Å². The molecule has 3 heterocycles. The van der Waals surface area contributed by atoms with Gasteiger partial charge in [-0.1, -0.05) is 44.2 Å². The number of carboxylic acids is 1. The summed E-state index contributed by atoms with van der Waals surface area (Å²) < 4.78 is 2.68. The average Bonchev–Trinajstić information content (AvgIpc) is 3.00. The van der Waals surface area contributed by atoms with E-state index in [-0.39, 0.29) is 11.6 Å². The summed E-state index contributed by atoms with van der Waals surface area (Å²) in [7, 11) is 0. The van der Waals surface area contributed by atoms with E-state index in [0.29, 0.717) is 29.0 Å². The molecule has 4 aliphatic rings. The van der Waals surface area contributed by atoms with Crippen molar-refractivity contribution in [1.82, 2.24) is 14.0 Å². The fourth-order valence-corrected chi connectivity index (χ4v) is 8.26. The zero-order valence-electron chi connectivity index (χ0n) is 20.5. The fourth-order valence-electron chi connectivity index (χ4n) is 8.26. The molecule has 2 aliphatic heterocycles. The highest BCUT2D eigenvalue weighted by atomic mass is 16.4. The number of para-hydroxylation sites is 1. The van der Waals surface area contributed by atoms with Gasteiger partial charge in [0.15, 0.2) is 0 Å². The molecule has 1 aromatic heterocycles. The first-order valence-corrected chi connectivity index (χ1v) is 13.7. The molecule has 7 heteroatoms. The van der Waals surface area contributed by atoms with E-state index in [1.54, 1.807) is 24.3 Å². The number of carbonyl (C=O) groups is 1. The van der Waals surface area contributed by atoms with E-state index >= 15 is 0 Å². The molecular formula is C28H37N3O4. The van der Waals surface area contributed by atoms with Crippen LogP contribution < -0.4 is 11.2 Å². The first-order chi connectivity index (χ1) is 17.0. The minimum Gasteiger partial charge on any atom is -0.480 e. The molecule has 4 fully saturated rings. The SMILES string of the molecule is O=C(O)Cn1c(=O)n([C@@H]2C[C@H]3CCC[C@@H](C2)N3[C@H]2C[C@@H]3CCCC[C@@H](C3)C2)c(=O)c2ccccc21. The van der Waals surface area contributed by atoms with Crippen molar-refractivity contribution in [2.24, 2.45) is 11.8 Å². The topological polar surface area (TPSA) is 84.5 Å². The lowest BCUT2D eigenvalue weighted by molar-refractivity contribution is -0.137. The van der Waals surface area contributed by atoms with Crippen LogP contribution in [0.4, 0.5) is 0 Å². The molecule has 0 unspecified atom stereocenters. The predicted octanol–water partition coefficient (Wildman–Crippen LogP) is 4.16. The third kappa shape index (κ3) is 4.15. The lowest BCUT2D eigenvalue weighted by Gasteiger charge is -2.54. The molecule has 2 saturated carbocycles. The number of hydrogen-bond acceptors (Lipinski definition) is 4. The number of nitrogens with zero attached hydrogens (tertiary/aromatic N) is 3. The Labute approximate surface area is 205 Å². The molecule has 4 bridgehead atoms. The molecule has 2 aliphatic carbocycles. The van der Waals surface area contributed by atoms with Gasteiger partial charge in [-0.05, 0) is 68.9 Å². The van der Waals surface area contributed by atoms with E-state index in [0.717, 1.165) is 37.5 Å². The van der Waals surface area contributed by atoms with Gasteiger partial charge < -0.3 is 5.11 Å². The van der Waals surface area contributed by atoms with Gasteiger partial charge >= 0.3 is 11.7 Å². The highest BCUT2D eigenvalue weighted by Gasteiger charge is 2.45. The summed E-state index contributed by atoms with van der Waals surface area (Å²) in [5, 5.41) is 9.89. The number of rotatable bonds is 4. The molecule has 6 rings (SSSR count). The van der Waals surface area contributed by atoms with Crippen LogP contribution in [0, 0.1) is 11.8 Å². The van der Waals surface area contributed by atoms with Crippen molar-refractivity contribution in [3.8, 4) is 0 Å². The van der Waals surface area contributed by atoms with Gasteiger partial charge in [0.2, 0.25) is 0 Å². The van der Waals surface area contributed by atoms with E-state index in [1.807, 2.05) is 0 Å². The highest BCUT2D eigenvalue weighted by molar-refractivity contribution is 5.79. The smallest absolute Gasteiger partial charge is 0.332 e. The molecule has 0 amide bonds. The first kappa shape index (κ1) is 23.0. The number of benzene rings is 1. The molecule has 1 aromatic carbocycles. The minimum atomic E-state index is -1.08. The molecule has 6 atom stereocenters. The summed E-state index contributed by atoms with van der Waals surface area (Å²) in [5.41, 5.74) is -0.340. The Morgan fingerprint density at radius 2 is 1.46 bits per heavy atom. The van der Waals surface area contributed by atoms with Gasteiger partial charge in [0.25, 0.3) is 5.56 Å². The van der Waals surface area contributed by atoms with Gasteiger partial charge in [0, 0.05) is 24.2 Å². The molecular weight excluding hydrogens is 442 g/mol. The lowest BCUT2D eigenvalue weighted by Crippen LogP contribution is -2.59. The largest absolute Gasteiger partial charge is 0.480 e. The van der Waals surface area contributed by atoms with Crippen LogP contribution in [-0.4, -0.2) is 43.2 Å². The first-order valence-electron chi connectivity index (χ1n) is 13.7. The molecule has 0 radical (unpaired) electrons. The van der Waals surface area contributed by atoms with Crippen molar-refractivity contribution in [2.75, 3.05) is 0 Å². The maximum Gasteiger partial charge on any atom is 0.332 e. The van der Waals surface area contributed by atoms with Gasteiger partial charge in [-0.15, -0.1) is 0 Å². The molecule has 188 valence electrons. The van der Waals surface area contributed by atoms with Gasteiger partial charge in [-0.2, -0.15) is 0 Å². The molecule has 0 spiro atoms. The number of aliphatic carboxylic acids is 1. The van der Waals surface area contributed by atoms with E-state index in [9.17, 15) is 19.5 Å². The van der Waals surface area contributed by atoms with Crippen molar-refractivity contribution in [3.05, 3.63) is 45.1 Å². The quantitative estimate of drug-likeness (QED) is 0.712. The summed E-state index contributed by atoms with van der Waals surface area (Å²) in [5.74, 6) is 0.657. The van der Waals surface area contributed by atoms with E-state index in [4.69, 9.17) is 0 Å². The van der Waals surface area contributed by atoms with Gasteiger partial charge in [-0.25, -0.2) is 4.79 Å². The minimum absolute atomic E-state index is 0.169. The average molecular weight is 480 g/mol. The fraction of sp³-hybridized carbons (Fsp3) is 0.679. The summed E-state index contributed by atoms with van der Waals surface area (Å²) in [6, 6.07) is 8.20. The third-order valence-electron chi connectivity index (χ3n) is 9.52. The van der Waals surface area contributed by atoms with E-state index in [2.05, 4.69) is 4.90 Å². The van der Waals surface area contributed by atoms with Gasteiger partial charge in [0.05, 0.1) is 10.9 Å². The number of carboxylic acid groups (broad SMARTS) is 1. The molecule has 1 N–H and O–H groups in total. The summed E-state index contributed by atoms with van der Waals surface area (Å²) in [6.45, 7) is -0.434. The van der Waals surface area contributed by atoms with Crippen LogP contribution in [0.1, 0.15) is 83.1 Å². The summed E-state index contributed by atoms with van der Waals surface area (Å²) >= 11 is 0. The lowest BCUT2D eigenvalue weighted by atomic mass is 9.73. The third-order valence-corrected chi connectivity index (χ3v) is 9.52. The maximum absolute atomic E-state index is 13.6. The summed E-state index contributed by atoms with van der Waals surface area (Å²) in [4.78, 5) is 41.5. The number of aromatic nitrogens is 2. The van der Waals surface area contributed by atoms with E-state index < -0.39 is 18.2 Å². The Kier molecular flexibility index (Phi) is 6.07. The Hall–Kier alpha value is -2.41. The van der Waals surface area contributed by atoms with Crippen LogP contribution in [0.3, 0.4) is 0 Å². The van der Waals surface area contributed by atoms with Crippen molar-refractivity contribution in [3.63, 3.8) is 0 Å². The van der Waals surface area contributed by atoms with Crippen LogP contribution in [0.5, 0.6) is 0 Å². The maximum atomic E-state index is 13.6. The number of piperidine rings is 2. The normalized spacial score (nSPS) is 33.4. The van der Waals surface area contributed by atoms with Crippen molar-refractivity contribution in [1.29, 1.82) is 0 Å². The van der Waals surface area contributed by atoms with Crippen LogP contribution in [0.15, 0.2) is 33.9 Å². The second-order valence-electron chi connectivity index (χ2n) is 11.6. The zero-order valence-corrected chi connectivity index (χ0v) is 20.5. The van der Waals surface area contributed by atoms with E-state index in [1.165, 1.54) is 60.5 Å². The Morgan fingerprint density at radius 3 is 2.11 bits per heavy atom. The molecule has 35 heavy (non-hydrogen) atoms. The van der Waals surface area contributed by atoms with Crippen LogP contribution in [0.25, 0.3) is 10.9 Å². The second kappa shape index (κ2) is 9.23. The Balaban J connectivity index is 1.34. The van der Waals surface area contributed by atoms with Crippen LogP contribution in [0.2, 0.25) is 0 Å². The van der Waals surface area contributed by atoms with Crippen molar-refractivity contribution in [2.45, 2.75) is 108 Å². The standard InChI is InChI=1S/C28H37N3O4/c32-26(33)17-29-25-11-4-3-10-24(25)27(34)31(28(29)35)23-15-20-8-5-9-21(16-23)30(20)22-13-18-6-1-2-7-19(12-18)14-22/h3-4,10-11,18-23H,1-2,5-9,12-17H2,(H,32,33)/t18-,19+,20-,21+,22+,23-. The monoisotopic (exact) mass is 479 g/mol. The number of fused-ring (bicyclic) bond motifs is 5. The van der Waals surface area contributed by atoms with Gasteiger partial charge in [-0.3, -0.25) is 23.6 Å².